The molecule has 1 aromatic heterocycles. The molecule has 1 aliphatic heterocycles. The molecule has 0 atom stereocenters. The van der Waals surface area contributed by atoms with Crippen LogP contribution in [0.5, 0.6) is 17.2 Å². The van der Waals surface area contributed by atoms with Crippen LogP contribution in [-0.4, -0.2) is 93.8 Å². The van der Waals surface area contributed by atoms with Gasteiger partial charge in [-0.05, 0) is 74.9 Å². The number of carbonyl (C=O) groups excluding carboxylic acids is 1. The SMILES string of the molecule is COc1ccc(S(=O)(=O)N(CC(=O)N2CCCN(c3ccc(-c4ccc(OC)c(OC)c4)nn3)CC2)C(C)C)cc1. The van der Waals surface area contributed by atoms with Crippen LogP contribution < -0.4 is 19.1 Å². The fraction of sp³-hybridized carbons (Fsp3) is 0.414. The smallest absolute Gasteiger partial charge is 0.243 e. The van der Waals surface area contributed by atoms with Crippen LogP contribution in [0.25, 0.3) is 11.3 Å². The summed E-state index contributed by atoms with van der Waals surface area (Å²) in [5, 5.41) is 8.86. The van der Waals surface area contributed by atoms with Crippen molar-refractivity contribution in [2.24, 2.45) is 0 Å². The molecule has 0 spiro atoms. The average Bonchev–Trinajstić information content (AvgIpc) is 3.26. The standard InChI is InChI=1S/C29H37N5O6S/c1-21(2)34(41(36,37)24-10-8-23(38-3)9-11-24)20-29(35)33-16-6-15-32(17-18-33)28-14-12-25(30-31-28)22-7-13-26(39-4)27(19-22)40-5/h7-14,19,21H,6,15-18,20H2,1-5H3. The Morgan fingerprint density at radius 3 is 2.22 bits per heavy atom. The highest BCUT2D eigenvalue weighted by molar-refractivity contribution is 7.89. The van der Waals surface area contributed by atoms with E-state index < -0.39 is 16.1 Å². The molecular formula is C29H37N5O6S. The van der Waals surface area contributed by atoms with E-state index in [2.05, 4.69) is 15.1 Å². The van der Waals surface area contributed by atoms with Crippen LogP contribution in [0.3, 0.4) is 0 Å². The summed E-state index contributed by atoms with van der Waals surface area (Å²) in [7, 11) is 0.827. The number of methoxy groups -OCH3 is 3. The zero-order valence-electron chi connectivity index (χ0n) is 24.1. The quantitative estimate of drug-likeness (QED) is 0.355. The number of rotatable bonds is 10. The molecule has 3 aromatic rings. The molecule has 2 aromatic carbocycles. The number of benzene rings is 2. The van der Waals surface area contributed by atoms with Crippen molar-refractivity contribution in [1.82, 2.24) is 19.4 Å². The lowest BCUT2D eigenvalue weighted by Crippen LogP contribution is -2.46. The lowest BCUT2D eigenvalue weighted by atomic mass is 10.1. The lowest BCUT2D eigenvalue weighted by Gasteiger charge is -2.29. The molecule has 220 valence electrons. The number of ether oxygens (including phenoxy) is 3. The number of nitrogens with zero attached hydrogens (tertiary/aromatic N) is 5. The highest BCUT2D eigenvalue weighted by atomic mass is 32.2. The van der Waals surface area contributed by atoms with Gasteiger partial charge in [-0.1, -0.05) is 0 Å². The Kier molecular flexibility index (Phi) is 9.66. The van der Waals surface area contributed by atoms with E-state index in [0.29, 0.717) is 49.1 Å². The minimum absolute atomic E-state index is 0.122. The molecule has 1 amide bonds. The van der Waals surface area contributed by atoms with Gasteiger partial charge < -0.3 is 24.0 Å². The first-order valence-electron chi connectivity index (χ1n) is 13.4. The molecule has 0 radical (unpaired) electrons. The van der Waals surface area contributed by atoms with Gasteiger partial charge in [-0.15, -0.1) is 10.2 Å². The lowest BCUT2D eigenvalue weighted by molar-refractivity contribution is -0.131. The monoisotopic (exact) mass is 583 g/mol. The first kappa shape index (κ1) is 30.1. The summed E-state index contributed by atoms with van der Waals surface area (Å²) < 4.78 is 43.8. The molecule has 1 saturated heterocycles. The number of hydrogen-bond acceptors (Lipinski definition) is 9. The maximum absolute atomic E-state index is 13.4. The Hall–Kier alpha value is -3.90. The average molecular weight is 584 g/mol. The van der Waals surface area contributed by atoms with Crippen LogP contribution >= 0.6 is 0 Å². The van der Waals surface area contributed by atoms with E-state index >= 15 is 0 Å². The summed E-state index contributed by atoms with van der Waals surface area (Å²) in [4.78, 5) is 17.3. The van der Waals surface area contributed by atoms with Crippen LogP contribution in [0, 0.1) is 0 Å². The third-order valence-electron chi connectivity index (χ3n) is 7.04. The maximum Gasteiger partial charge on any atom is 0.243 e. The summed E-state index contributed by atoms with van der Waals surface area (Å²) in [6.07, 6.45) is 0.720. The fourth-order valence-electron chi connectivity index (χ4n) is 4.70. The first-order valence-corrected chi connectivity index (χ1v) is 14.9. The van der Waals surface area contributed by atoms with Crippen LogP contribution in [0.2, 0.25) is 0 Å². The van der Waals surface area contributed by atoms with Gasteiger partial charge in [0.05, 0.1) is 38.5 Å². The number of carbonyl (C=O) groups is 1. The number of amides is 1. The second kappa shape index (κ2) is 13.2. The second-order valence-corrected chi connectivity index (χ2v) is 11.8. The van der Waals surface area contributed by atoms with Gasteiger partial charge in [-0.25, -0.2) is 8.42 Å². The van der Waals surface area contributed by atoms with Crippen LogP contribution in [0.4, 0.5) is 5.82 Å². The van der Waals surface area contributed by atoms with E-state index in [0.717, 1.165) is 17.8 Å². The third-order valence-corrected chi connectivity index (χ3v) is 9.07. The highest BCUT2D eigenvalue weighted by Crippen LogP contribution is 2.31. The van der Waals surface area contributed by atoms with Crippen LogP contribution in [-0.2, 0) is 14.8 Å². The predicted molar refractivity (Wildman–Crippen MR) is 156 cm³/mol. The topological polar surface area (TPSA) is 114 Å². The molecule has 0 N–H and O–H groups in total. The first-order chi connectivity index (χ1) is 19.7. The molecule has 1 fully saturated rings. The van der Waals surface area contributed by atoms with Gasteiger partial charge in [0.2, 0.25) is 15.9 Å². The minimum atomic E-state index is -3.87. The van der Waals surface area contributed by atoms with Gasteiger partial charge in [0, 0.05) is 37.8 Å². The van der Waals surface area contributed by atoms with Crippen molar-refractivity contribution < 1.29 is 27.4 Å². The maximum atomic E-state index is 13.4. The van der Waals surface area contributed by atoms with E-state index in [4.69, 9.17) is 14.2 Å². The number of anilines is 1. The van der Waals surface area contributed by atoms with Crippen molar-refractivity contribution in [3.05, 3.63) is 54.6 Å². The van der Waals surface area contributed by atoms with Gasteiger partial charge in [0.1, 0.15) is 5.75 Å². The van der Waals surface area contributed by atoms with Crippen molar-refractivity contribution in [3.63, 3.8) is 0 Å². The van der Waals surface area contributed by atoms with E-state index in [1.165, 1.54) is 23.5 Å². The van der Waals surface area contributed by atoms with Gasteiger partial charge >= 0.3 is 0 Å². The summed E-state index contributed by atoms with van der Waals surface area (Å²) >= 11 is 0. The molecule has 1 aliphatic rings. The molecule has 12 heteroatoms. The summed E-state index contributed by atoms with van der Waals surface area (Å²) in [6.45, 7) is 5.54. The van der Waals surface area contributed by atoms with Gasteiger partial charge in [-0.3, -0.25) is 4.79 Å². The summed E-state index contributed by atoms with van der Waals surface area (Å²) in [5.41, 5.74) is 1.56. The number of aromatic nitrogens is 2. The largest absolute Gasteiger partial charge is 0.497 e. The normalized spacial score (nSPS) is 14.2. The van der Waals surface area contributed by atoms with Crippen molar-refractivity contribution in [2.75, 3.05) is 59.0 Å². The molecule has 41 heavy (non-hydrogen) atoms. The minimum Gasteiger partial charge on any atom is -0.497 e. The molecule has 4 rings (SSSR count). The number of hydrogen-bond donors (Lipinski definition) is 0. The van der Waals surface area contributed by atoms with Crippen LogP contribution in [0.1, 0.15) is 20.3 Å². The van der Waals surface area contributed by atoms with Crippen molar-refractivity contribution in [1.29, 1.82) is 0 Å². The Labute approximate surface area is 241 Å². The zero-order chi connectivity index (χ0) is 29.6. The van der Waals surface area contributed by atoms with Gasteiger partial charge in [-0.2, -0.15) is 4.31 Å². The molecule has 0 aliphatic carbocycles. The number of sulfonamides is 1. The van der Waals surface area contributed by atoms with Gasteiger partial charge in [0.15, 0.2) is 17.3 Å². The molecule has 0 saturated carbocycles. The zero-order valence-corrected chi connectivity index (χ0v) is 24.9. The van der Waals surface area contributed by atoms with E-state index in [1.807, 2.05) is 30.3 Å². The van der Waals surface area contributed by atoms with E-state index in [1.54, 1.807) is 45.1 Å². The fourth-order valence-corrected chi connectivity index (χ4v) is 6.29. The Morgan fingerprint density at radius 1 is 0.878 bits per heavy atom. The van der Waals surface area contributed by atoms with Crippen LogP contribution in [0.15, 0.2) is 59.5 Å². The Morgan fingerprint density at radius 2 is 1.61 bits per heavy atom. The molecule has 11 nitrogen and oxygen atoms in total. The van der Waals surface area contributed by atoms with Crippen molar-refractivity contribution in [2.45, 2.75) is 31.2 Å². The van der Waals surface area contributed by atoms with E-state index in [9.17, 15) is 13.2 Å². The second-order valence-electron chi connectivity index (χ2n) is 9.89. The third kappa shape index (κ3) is 6.88. The summed E-state index contributed by atoms with van der Waals surface area (Å²) in [5.74, 6) is 2.30. The molecule has 0 unspecified atom stereocenters. The predicted octanol–water partition coefficient (Wildman–Crippen LogP) is 3.31. The summed E-state index contributed by atoms with van der Waals surface area (Å²) in [6, 6.07) is 15.2. The van der Waals surface area contributed by atoms with Crippen molar-refractivity contribution in [3.8, 4) is 28.5 Å². The van der Waals surface area contributed by atoms with Gasteiger partial charge in [0.25, 0.3) is 0 Å². The van der Waals surface area contributed by atoms with Crippen molar-refractivity contribution >= 4 is 21.7 Å². The molecule has 2 heterocycles. The highest BCUT2D eigenvalue weighted by Gasteiger charge is 2.31. The molecular weight excluding hydrogens is 546 g/mol. The van der Waals surface area contributed by atoms with E-state index in [-0.39, 0.29) is 17.3 Å². The Bertz CT molecular complexity index is 1430. The Balaban J connectivity index is 1.41. The molecule has 0 bridgehead atoms.